The van der Waals surface area contributed by atoms with E-state index in [0.29, 0.717) is 0 Å². The van der Waals surface area contributed by atoms with Crippen molar-refractivity contribution < 1.29 is 14.9 Å². The van der Waals surface area contributed by atoms with Gasteiger partial charge in [0.05, 0.1) is 12.9 Å². The fourth-order valence-electron chi connectivity index (χ4n) is 4.47. The maximum atomic E-state index is 12.0. The first kappa shape index (κ1) is 17.9. The summed E-state index contributed by atoms with van der Waals surface area (Å²) in [4.78, 5) is 0. The van der Waals surface area contributed by atoms with Crippen LogP contribution >= 0.6 is 0 Å². The molecule has 132 valence electrons. The molecule has 1 heterocycles. The lowest BCUT2D eigenvalue weighted by Crippen LogP contribution is -2.80. The van der Waals surface area contributed by atoms with Crippen LogP contribution in [0.25, 0.3) is 0 Å². The predicted octanol–water partition coefficient (Wildman–Crippen LogP) is 2.22. The van der Waals surface area contributed by atoms with Crippen LogP contribution in [0.2, 0.25) is 5.04 Å². The van der Waals surface area contributed by atoms with E-state index in [1.54, 1.807) is 12.3 Å². The Kier molecular flexibility index (Phi) is 4.62. The highest BCUT2D eigenvalue weighted by atomic mass is 28.3. The topological polar surface area (TPSA) is 49.7 Å². The van der Waals surface area contributed by atoms with Crippen molar-refractivity contribution >= 4 is 18.4 Å². The molecule has 0 fully saturated rings. The quantitative estimate of drug-likeness (QED) is 0.828. The Morgan fingerprint density at radius 1 is 0.960 bits per heavy atom. The van der Waals surface area contributed by atoms with Crippen molar-refractivity contribution in [3.8, 4) is 0 Å². The molecule has 1 aliphatic heterocycles. The molecule has 0 saturated carbocycles. The SMILES string of the molecule is CC(C)(C)[Si](c1ccccc1)(c1ccccc1)[C@]1(O)C=CO[C@@H]1CO. The molecule has 2 N–H and O–H groups in total. The third-order valence-corrected chi connectivity index (χ3v) is 11.7. The Labute approximate surface area is 150 Å². The molecule has 1 aliphatic rings. The summed E-state index contributed by atoms with van der Waals surface area (Å²) in [5, 5.41) is 22.7. The molecule has 2 aromatic rings. The summed E-state index contributed by atoms with van der Waals surface area (Å²) < 4.78 is 5.62. The highest BCUT2D eigenvalue weighted by molar-refractivity contribution is 7.06. The van der Waals surface area contributed by atoms with Crippen molar-refractivity contribution in [1.82, 2.24) is 0 Å². The zero-order valence-electron chi connectivity index (χ0n) is 15.0. The van der Waals surface area contributed by atoms with Crippen LogP contribution in [0, 0.1) is 0 Å². The monoisotopic (exact) mass is 354 g/mol. The molecule has 4 heteroatoms. The number of benzene rings is 2. The van der Waals surface area contributed by atoms with Gasteiger partial charge in [0.1, 0.15) is 5.22 Å². The van der Waals surface area contributed by atoms with Gasteiger partial charge in [-0.25, -0.2) is 0 Å². The summed E-state index contributed by atoms with van der Waals surface area (Å²) in [6.07, 6.45) is 2.63. The van der Waals surface area contributed by atoms with Crippen LogP contribution in [0.15, 0.2) is 73.0 Å². The van der Waals surface area contributed by atoms with Crippen LogP contribution in [0.1, 0.15) is 20.8 Å². The maximum Gasteiger partial charge on any atom is 0.167 e. The molecule has 0 aliphatic carbocycles. The number of hydrogen-bond donors (Lipinski definition) is 2. The van der Waals surface area contributed by atoms with Gasteiger partial charge in [0.2, 0.25) is 0 Å². The minimum atomic E-state index is -2.84. The van der Waals surface area contributed by atoms with Crippen molar-refractivity contribution in [2.45, 2.75) is 37.1 Å². The molecule has 3 nitrogen and oxygen atoms in total. The summed E-state index contributed by atoms with van der Waals surface area (Å²) in [5.74, 6) is 0. The molecular weight excluding hydrogens is 328 g/mol. The first-order valence-corrected chi connectivity index (χ1v) is 10.7. The van der Waals surface area contributed by atoms with Crippen LogP contribution in [0.5, 0.6) is 0 Å². The van der Waals surface area contributed by atoms with Gasteiger partial charge in [-0.05, 0) is 11.1 Å². The number of aliphatic hydroxyl groups excluding tert-OH is 1. The van der Waals surface area contributed by atoms with E-state index >= 15 is 0 Å². The third kappa shape index (κ3) is 2.56. The number of rotatable bonds is 4. The standard InChI is InChI=1S/C21H26O3Si/c1-20(2,3)25(17-10-6-4-7-11-17,18-12-8-5-9-13-18)21(23)14-15-24-19(21)16-22/h4-15,19,22-23H,16H2,1-3H3/t19-,21-/m1/s1. The third-order valence-electron chi connectivity index (χ3n) is 5.36. The van der Waals surface area contributed by atoms with Crippen LogP contribution in [0.3, 0.4) is 0 Å². The second-order valence-electron chi connectivity index (χ2n) is 7.67. The van der Waals surface area contributed by atoms with Crippen molar-refractivity contribution in [3.05, 3.63) is 73.0 Å². The first-order chi connectivity index (χ1) is 11.9. The minimum absolute atomic E-state index is 0.226. The molecule has 25 heavy (non-hydrogen) atoms. The van der Waals surface area contributed by atoms with E-state index in [9.17, 15) is 10.2 Å². The van der Waals surface area contributed by atoms with Crippen LogP contribution in [-0.2, 0) is 4.74 Å². The van der Waals surface area contributed by atoms with Crippen molar-refractivity contribution in [2.75, 3.05) is 6.61 Å². The molecule has 0 amide bonds. The molecule has 0 saturated heterocycles. The lowest BCUT2D eigenvalue weighted by atomic mass is 10.2. The molecule has 2 aromatic carbocycles. The van der Waals surface area contributed by atoms with Gasteiger partial charge >= 0.3 is 0 Å². The zero-order valence-corrected chi connectivity index (χ0v) is 16.0. The Balaban J connectivity index is 2.41. The summed E-state index contributed by atoms with van der Waals surface area (Å²) in [6.45, 7) is 6.31. The minimum Gasteiger partial charge on any atom is -0.493 e. The number of ether oxygens (including phenoxy) is 1. The average molecular weight is 355 g/mol. The van der Waals surface area contributed by atoms with E-state index < -0.39 is 19.4 Å². The van der Waals surface area contributed by atoms with Gasteiger partial charge in [-0.1, -0.05) is 91.8 Å². The van der Waals surface area contributed by atoms with Crippen LogP contribution in [0.4, 0.5) is 0 Å². The molecular formula is C21H26O3Si. The van der Waals surface area contributed by atoms with Crippen LogP contribution in [-0.4, -0.2) is 36.2 Å². The Morgan fingerprint density at radius 2 is 1.44 bits per heavy atom. The van der Waals surface area contributed by atoms with E-state index in [0.717, 1.165) is 10.4 Å². The Morgan fingerprint density at radius 3 is 1.84 bits per heavy atom. The zero-order chi connectivity index (χ0) is 18.1. The molecule has 0 spiro atoms. The molecule has 0 bridgehead atoms. The molecule has 0 unspecified atom stereocenters. The maximum absolute atomic E-state index is 12.0. The van der Waals surface area contributed by atoms with Gasteiger partial charge in [0.15, 0.2) is 14.2 Å². The fraction of sp³-hybridized carbons (Fsp3) is 0.333. The molecule has 3 rings (SSSR count). The largest absolute Gasteiger partial charge is 0.493 e. The summed E-state index contributed by atoms with van der Waals surface area (Å²) in [6, 6.07) is 20.4. The van der Waals surface area contributed by atoms with Gasteiger partial charge < -0.3 is 14.9 Å². The summed E-state index contributed by atoms with van der Waals surface area (Å²) in [7, 11) is -2.84. The smallest absolute Gasteiger partial charge is 0.167 e. The fourth-order valence-corrected chi connectivity index (χ4v) is 11.0. The van der Waals surface area contributed by atoms with E-state index in [4.69, 9.17) is 4.74 Å². The van der Waals surface area contributed by atoms with E-state index in [-0.39, 0.29) is 11.6 Å². The van der Waals surface area contributed by atoms with Crippen molar-refractivity contribution in [2.24, 2.45) is 0 Å². The first-order valence-electron chi connectivity index (χ1n) is 8.65. The Hall–Kier alpha value is -1.88. The number of aliphatic hydroxyl groups is 2. The number of hydrogen-bond acceptors (Lipinski definition) is 3. The summed E-state index contributed by atoms with van der Waals surface area (Å²) in [5.41, 5.74) is 0. The second-order valence-corrected chi connectivity index (χ2v) is 12.6. The van der Waals surface area contributed by atoms with Gasteiger partial charge in [0.25, 0.3) is 0 Å². The lowest BCUT2D eigenvalue weighted by Gasteiger charge is -2.53. The lowest BCUT2D eigenvalue weighted by molar-refractivity contribution is -0.00708. The second kappa shape index (κ2) is 6.45. The summed E-state index contributed by atoms with van der Waals surface area (Å²) >= 11 is 0. The average Bonchev–Trinajstić information content (AvgIpc) is 2.98. The highest BCUT2D eigenvalue weighted by Crippen LogP contribution is 2.46. The van der Waals surface area contributed by atoms with Gasteiger partial charge in [-0.3, -0.25) is 0 Å². The molecule has 0 aromatic heterocycles. The van der Waals surface area contributed by atoms with Gasteiger partial charge in [-0.15, -0.1) is 0 Å². The van der Waals surface area contributed by atoms with E-state index in [1.807, 2.05) is 36.4 Å². The van der Waals surface area contributed by atoms with Gasteiger partial charge in [0, 0.05) is 0 Å². The van der Waals surface area contributed by atoms with Gasteiger partial charge in [-0.2, -0.15) is 0 Å². The highest BCUT2D eigenvalue weighted by Gasteiger charge is 2.65. The Bertz CT molecular complexity index is 697. The van der Waals surface area contributed by atoms with Crippen molar-refractivity contribution in [1.29, 1.82) is 0 Å². The van der Waals surface area contributed by atoms with E-state index in [1.165, 1.54) is 0 Å². The van der Waals surface area contributed by atoms with E-state index in [2.05, 4.69) is 45.0 Å². The van der Waals surface area contributed by atoms with Crippen LogP contribution < -0.4 is 10.4 Å². The predicted molar refractivity (Wildman–Crippen MR) is 104 cm³/mol. The normalized spacial score (nSPS) is 23.5. The van der Waals surface area contributed by atoms with Crippen molar-refractivity contribution in [3.63, 3.8) is 0 Å². The molecule has 0 radical (unpaired) electrons. The molecule has 2 atom stereocenters.